The monoisotopic (exact) mass is 223 g/mol. The van der Waals surface area contributed by atoms with Gasteiger partial charge in [-0.3, -0.25) is 4.98 Å². The highest BCUT2D eigenvalue weighted by atomic mass is 32.1. The van der Waals surface area contributed by atoms with Crippen molar-refractivity contribution in [1.29, 1.82) is 0 Å². The van der Waals surface area contributed by atoms with Crippen molar-refractivity contribution in [2.45, 2.75) is 20.8 Å². The quantitative estimate of drug-likeness (QED) is 0.755. The zero-order valence-electron chi connectivity index (χ0n) is 8.94. The molecule has 80 valence electrons. The van der Waals surface area contributed by atoms with Crippen LogP contribution in [0.1, 0.15) is 19.5 Å². The Hall–Kier alpha value is -1.49. The summed E-state index contributed by atoms with van der Waals surface area (Å²) in [6.45, 7) is 5.92. The van der Waals surface area contributed by atoms with Crippen molar-refractivity contribution in [2.75, 3.05) is 0 Å². The molecule has 0 atom stereocenters. The lowest BCUT2D eigenvalue weighted by Crippen LogP contribution is -1.82. The van der Waals surface area contributed by atoms with Crippen molar-refractivity contribution < 1.29 is 4.52 Å². The van der Waals surface area contributed by atoms with Crippen LogP contribution >= 0.6 is 12.2 Å². The number of aromatic nitrogens is 3. The average Bonchev–Trinajstić information content (AvgIpc) is 2.69. The van der Waals surface area contributed by atoms with Gasteiger partial charge >= 0.3 is 0 Å². The van der Waals surface area contributed by atoms with Gasteiger partial charge in [0.15, 0.2) is 0 Å². The van der Waals surface area contributed by atoms with Gasteiger partial charge < -0.3 is 4.52 Å². The molecule has 2 aromatic heterocycles. The summed E-state index contributed by atoms with van der Waals surface area (Å²) in [5, 5.41) is 2.48. The van der Waals surface area contributed by atoms with Crippen LogP contribution in [0.15, 0.2) is 22.9 Å². The number of aromatic amines is 1. The minimum absolute atomic E-state index is 0.343. The van der Waals surface area contributed by atoms with Gasteiger partial charge in [-0.05, 0) is 31.3 Å². The molecule has 0 aliphatic carbocycles. The van der Waals surface area contributed by atoms with E-state index >= 15 is 0 Å². The Bertz CT molecular complexity index is 458. The van der Waals surface area contributed by atoms with Gasteiger partial charge in [-0.1, -0.05) is 13.8 Å². The number of pyridine rings is 1. The van der Waals surface area contributed by atoms with Crippen LogP contribution < -0.4 is 0 Å². The van der Waals surface area contributed by atoms with Crippen LogP contribution in [0.25, 0.3) is 11.5 Å². The second-order valence-electron chi connectivity index (χ2n) is 2.61. The maximum atomic E-state index is 5.01. The Morgan fingerprint density at radius 3 is 2.53 bits per heavy atom. The summed E-state index contributed by atoms with van der Waals surface area (Å²) in [5.41, 5.74) is 1.77. The van der Waals surface area contributed by atoms with Gasteiger partial charge in [-0.25, -0.2) is 0 Å². The summed E-state index contributed by atoms with van der Waals surface area (Å²) in [6, 6.07) is 3.78. The zero-order chi connectivity index (χ0) is 11.3. The van der Waals surface area contributed by atoms with Crippen LogP contribution in [0.4, 0.5) is 0 Å². The predicted molar refractivity (Wildman–Crippen MR) is 61.0 cm³/mol. The van der Waals surface area contributed by atoms with E-state index in [0.29, 0.717) is 10.7 Å². The lowest BCUT2D eigenvalue weighted by molar-refractivity contribution is 0.428. The third-order valence-corrected chi connectivity index (χ3v) is 1.77. The van der Waals surface area contributed by atoms with Gasteiger partial charge in [-0.2, -0.15) is 10.1 Å². The second kappa shape index (κ2) is 5.41. The fourth-order valence-corrected chi connectivity index (χ4v) is 1.07. The Labute approximate surface area is 93.4 Å². The molecule has 5 heteroatoms. The molecule has 4 nitrogen and oxygen atoms in total. The highest BCUT2D eigenvalue weighted by molar-refractivity contribution is 7.71. The SMILES string of the molecule is CC.Cc1ccc(-c2nc(=S)[nH]o2)cn1. The number of hydrogen-bond donors (Lipinski definition) is 1. The Balaban J connectivity index is 0.000000531. The summed E-state index contributed by atoms with van der Waals surface area (Å²) in [5.74, 6) is 0.470. The first kappa shape index (κ1) is 11.6. The molecule has 2 rings (SSSR count). The van der Waals surface area contributed by atoms with Gasteiger partial charge in [0.1, 0.15) is 0 Å². The Morgan fingerprint density at radius 2 is 2.07 bits per heavy atom. The molecule has 15 heavy (non-hydrogen) atoms. The summed E-state index contributed by atoms with van der Waals surface area (Å²) in [7, 11) is 0. The van der Waals surface area contributed by atoms with Gasteiger partial charge in [0.05, 0.1) is 5.56 Å². The van der Waals surface area contributed by atoms with Gasteiger partial charge in [0, 0.05) is 11.9 Å². The number of H-pyrrole nitrogens is 1. The molecule has 0 bridgehead atoms. The second-order valence-corrected chi connectivity index (χ2v) is 3.00. The molecule has 0 spiro atoms. The van der Waals surface area contributed by atoms with E-state index in [4.69, 9.17) is 16.7 Å². The van der Waals surface area contributed by atoms with Crippen LogP contribution in [0.5, 0.6) is 0 Å². The topological polar surface area (TPSA) is 54.7 Å². The standard InChI is InChI=1S/C8H7N3OS.C2H6/c1-5-2-3-6(4-9-5)7-10-8(13)11-12-7;1-2/h2-4H,1H3,(H,11,13);1-2H3. The van der Waals surface area contributed by atoms with Crippen LogP contribution in [0.2, 0.25) is 0 Å². The van der Waals surface area contributed by atoms with Crippen LogP contribution in [0.3, 0.4) is 0 Å². The number of hydrogen-bond acceptors (Lipinski definition) is 4. The van der Waals surface area contributed by atoms with Gasteiger partial charge in [-0.15, -0.1) is 0 Å². The Morgan fingerprint density at radius 1 is 1.33 bits per heavy atom. The molecule has 2 heterocycles. The molecule has 0 fully saturated rings. The summed E-state index contributed by atoms with van der Waals surface area (Å²) < 4.78 is 5.35. The molecular weight excluding hydrogens is 210 g/mol. The van der Waals surface area contributed by atoms with E-state index in [2.05, 4.69) is 15.1 Å². The fourth-order valence-electron chi connectivity index (χ4n) is 0.948. The smallest absolute Gasteiger partial charge is 0.257 e. The summed E-state index contributed by atoms with van der Waals surface area (Å²) >= 11 is 4.78. The average molecular weight is 223 g/mol. The molecule has 0 unspecified atom stereocenters. The molecule has 0 saturated heterocycles. The third kappa shape index (κ3) is 2.99. The molecule has 0 amide bonds. The lowest BCUT2D eigenvalue weighted by Gasteiger charge is -1.93. The molecule has 0 aromatic carbocycles. The van der Waals surface area contributed by atoms with Crippen molar-refractivity contribution in [3.8, 4) is 11.5 Å². The van der Waals surface area contributed by atoms with Crippen LogP contribution in [0, 0.1) is 11.7 Å². The zero-order valence-corrected chi connectivity index (χ0v) is 9.76. The lowest BCUT2D eigenvalue weighted by atomic mass is 10.2. The van der Waals surface area contributed by atoms with E-state index in [9.17, 15) is 0 Å². The number of nitrogens with one attached hydrogen (secondary N) is 1. The number of aryl methyl sites for hydroxylation is 1. The fraction of sp³-hybridized carbons (Fsp3) is 0.300. The van der Waals surface area contributed by atoms with Crippen molar-refractivity contribution in [2.24, 2.45) is 0 Å². The van der Waals surface area contributed by atoms with Crippen molar-refractivity contribution in [3.05, 3.63) is 28.8 Å². The van der Waals surface area contributed by atoms with Gasteiger partial charge in [0.2, 0.25) is 4.77 Å². The highest BCUT2D eigenvalue weighted by Gasteiger charge is 2.02. The first-order valence-corrected chi connectivity index (χ1v) is 5.15. The molecule has 0 aliphatic rings. The summed E-state index contributed by atoms with van der Waals surface area (Å²) in [4.78, 5) is 8.08. The Kier molecular flexibility index (Phi) is 4.17. The third-order valence-electron chi connectivity index (χ3n) is 1.60. The van der Waals surface area contributed by atoms with Gasteiger partial charge in [0.25, 0.3) is 5.89 Å². The molecule has 0 radical (unpaired) electrons. The normalized spacial score (nSPS) is 9.27. The van der Waals surface area contributed by atoms with Crippen molar-refractivity contribution in [3.63, 3.8) is 0 Å². The number of nitrogens with zero attached hydrogens (tertiary/aromatic N) is 2. The number of rotatable bonds is 1. The maximum absolute atomic E-state index is 5.01. The largest absolute Gasteiger partial charge is 0.359 e. The van der Waals surface area contributed by atoms with Crippen molar-refractivity contribution in [1.82, 2.24) is 15.1 Å². The van der Waals surface area contributed by atoms with Crippen LogP contribution in [-0.2, 0) is 0 Å². The van der Waals surface area contributed by atoms with E-state index in [0.717, 1.165) is 11.3 Å². The maximum Gasteiger partial charge on any atom is 0.257 e. The van der Waals surface area contributed by atoms with E-state index in [1.54, 1.807) is 6.20 Å². The van der Waals surface area contributed by atoms with E-state index in [1.165, 1.54) is 0 Å². The molecular formula is C10H13N3OS. The molecule has 2 aromatic rings. The van der Waals surface area contributed by atoms with E-state index < -0.39 is 0 Å². The molecule has 0 saturated carbocycles. The minimum Gasteiger partial charge on any atom is -0.359 e. The molecule has 0 aliphatic heterocycles. The van der Waals surface area contributed by atoms with E-state index in [1.807, 2.05) is 32.9 Å². The van der Waals surface area contributed by atoms with E-state index in [-0.39, 0.29) is 0 Å². The van der Waals surface area contributed by atoms with Crippen molar-refractivity contribution >= 4 is 12.2 Å². The minimum atomic E-state index is 0.343. The first-order chi connectivity index (χ1) is 7.25. The van der Waals surface area contributed by atoms with Crippen LogP contribution in [-0.4, -0.2) is 15.1 Å². The predicted octanol–water partition coefficient (Wildman–Crippen LogP) is 3.13. The molecule has 1 N–H and O–H groups in total. The first-order valence-electron chi connectivity index (χ1n) is 4.74. The summed E-state index contributed by atoms with van der Waals surface area (Å²) in [6.07, 6.45) is 1.70. The highest BCUT2D eigenvalue weighted by Crippen LogP contribution is 2.14.